The van der Waals surface area contributed by atoms with E-state index in [0.29, 0.717) is 32.3 Å². The summed E-state index contributed by atoms with van der Waals surface area (Å²) >= 11 is 4.87. The van der Waals surface area contributed by atoms with Crippen LogP contribution in [0.3, 0.4) is 0 Å². The van der Waals surface area contributed by atoms with Gasteiger partial charge in [-0.25, -0.2) is 9.79 Å². The minimum absolute atomic E-state index is 0.206. The van der Waals surface area contributed by atoms with E-state index < -0.39 is 12.0 Å². The minimum Gasteiger partial charge on any atom is -0.497 e. The van der Waals surface area contributed by atoms with Crippen LogP contribution in [0.4, 0.5) is 0 Å². The van der Waals surface area contributed by atoms with E-state index in [2.05, 4.69) is 29.8 Å². The molecule has 1 aromatic heterocycles. The lowest BCUT2D eigenvalue weighted by atomic mass is 9.91. The third kappa shape index (κ3) is 5.33. The number of aromatic nitrogens is 1. The van der Waals surface area contributed by atoms with Crippen molar-refractivity contribution in [2.75, 3.05) is 13.7 Å². The second kappa shape index (κ2) is 11.8. The molecule has 0 spiro atoms. The van der Waals surface area contributed by atoms with E-state index in [9.17, 15) is 9.59 Å². The molecule has 1 aliphatic heterocycles. The highest BCUT2D eigenvalue weighted by Crippen LogP contribution is 2.35. The van der Waals surface area contributed by atoms with Crippen molar-refractivity contribution in [3.8, 4) is 5.75 Å². The number of rotatable bonds is 7. The summed E-state index contributed by atoms with van der Waals surface area (Å²) in [5.41, 5.74) is 4.18. The number of carbonyl (C=O) groups excluding carboxylic acids is 1. The van der Waals surface area contributed by atoms with E-state index in [1.807, 2.05) is 78.9 Å². The van der Waals surface area contributed by atoms with Crippen molar-refractivity contribution in [1.82, 2.24) is 4.57 Å². The van der Waals surface area contributed by atoms with Gasteiger partial charge in [-0.3, -0.25) is 9.36 Å². The fraction of sp³-hybridized carbons (Fsp3) is 0.219. The Kier molecular flexibility index (Phi) is 8.19. The van der Waals surface area contributed by atoms with Gasteiger partial charge in [0.25, 0.3) is 5.56 Å². The minimum atomic E-state index is -0.706. The van der Waals surface area contributed by atoms with Crippen LogP contribution in [0.1, 0.15) is 55.0 Å². The van der Waals surface area contributed by atoms with Crippen LogP contribution in [0.15, 0.2) is 92.6 Å². The van der Waals surface area contributed by atoms with Gasteiger partial charge in [-0.1, -0.05) is 95.7 Å². The van der Waals surface area contributed by atoms with Gasteiger partial charge in [-0.15, -0.1) is 0 Å². The molecule has 6 nitrogen and oxygen atoms in total. The second-order valence-electron chi connectivity index (χ2n) is 9.64. The number of carbonyl (C=O) groups is 1. The molecule has 0 saturated heterocycles. The average Bonchev–Trinajstić information content (AvgIpc) is 3.28. The number of hydrogen-bond donors (Lipinski definition) is 0. The van der Waals surface area contributed by atoms with Gasteiger partial charge in [0.1, 0.15) is 5.75 Å². The molecule has 8 heteroatoms. The van der Waals surface area contributed by atoms with E-state index in [1.54, 1.807) is 18.6 Å². The largest absolute Gasteiger partial charge is 0.497 e. The SMILES string of the molecule is CCOC(=O)C1=C(c2ccccc2)N=c2s/c(=C\c3cc(OC)ccc3Br)c(=O)n2[C@@H]1c1ccc(C(C)C)cc1. The van der Waals surface area contributed by atoms with Crippen LogP contribution in [0.5, 0.6) is 5.75 Å². The maximum atomic E-state index is 14.1. The molecule has 4 aromatic rings. The maximum absolute atomic E-state index is 14.1. The number of benzene rings is 3. The number of nitrogens with zero attached hydrogens (tertiary/aromatic N) is 2. The fourth-order valence-corrected chi connectivity index (χ4v) is 6.07. The molecular formula is C32H29BrN2O4S. The normalized spacial score (nSPS) is 15.2. The number of esters is 1. The molecule has 40 heavy (non-hydrogen) atoms. The molecule has 5 rings (SSSR count). The van der Waals surface area contributed by atoms with Gasteiger partial charge in [0, 0.05) is 10.0 Å². The van der Waals surface area contributed by atoms with Crippen molar-refractivity contribution in [3.63, 3.8) is 0 Å². The van der Waals surface area contributed by atoms with Crippen LogP contribution in [-0.4, -0.2) is 24.3 Å². The Morgan fingerprint density at radius 2 is 1.82 bits per heavy atom. The number of halogens is 1. The summed E-state index contributed by atoms with van der Waals surface area (Å²) in [5.74, 6) is 0.534. The van der Waals surface area contributed by atoms with Gasteiger partial charge < -0.3 is 9.47 Å². The van der Waals surface area contributed by atoms with Crippen LogP contribution >= 0.6 is 27.3 Å². The summed E-state index contributed by atoms with van der Waals surface area (Å²) < 4.78 is 13.9. The highest BCUT2D eigenvalue weighted by Gasteiger charge is 2.35. The second-order valence-corrected chi connectivity index (χ2v) is 11.5. The highest BCUT2D eigenvalue weighted by molar-refractivity contribution is 9.10. The van der Waals surface area contributed by atoms with E-state index >= 15 is 0 Å². The van der Waals surface area contributed by atoms with Crippen molar-refractivity contribution in [2.24, 2.45) is 4.99 Å². The van der Waals surface area contributed by atoms with Crippen LogP contribution in [0.2, 0.25) is 0 Å². The zero-order valence-electron chi connectivity index (χ0n) is 22.7. The van der Waals surface area contributed by atoms with Gasteiger partial charge in [0.2, 0.25) is 0 Å². The summed E-state index contributed by atoms with van der Waals surface area (Å²) in [4.78, 5) is 33.1. The smallest absolute Gasteiger partial charge is 0.338 e. The van der Waals surface area contributed by atoms with Gasteiger partial charge >= 0.3 is 5.97 Å². The number of fused-ring (bicyclic) bond motifs is 1. The number of thiazole rings is 1. The number of hydrogen-bond acceptors (Lipinski definition) is 6. The highest BCUT2D eigenvalue weighted by atomic mass is 79.9. The van der Waals surface area contributed by atoms with Gasteiger partial charge in [0.05, 0.1) is 35.6 Å². The average molecular weight is 618 g/mol. The molecule has 0 N–H and O–H groups in total. The van der Waals surface area contributed by atoms with Gasteiger partial charge in [-0.2, -0.15) is 0 Å². The van der Waals surface area contributed by atoms with Crippen LogP contribution < -0.4 is 19.6 Å². The molecule has 0 amide bonds. The van der Waals surface area contributed by atoms with Crippen LogP contribution in [-0.2, 0) is 9.53 Å². The molecule has 2 heterocycles. The molecule has 0 fully saturated rings. The Bertz CT molecular complexity index is 1770. The van der Waals surface area contributed by atoms with Crippen molar-refractivity contribution in [2.45, 2.75) is 32.7 Å². The van der Waals surface area contributed by atoms with Gasteiger partial charge in [-0.05, 0) is 53.8 Å². The lowest BCUT2D eigenvalue weighted by molar-refractivity contribution is -0.138. The van der Waals surface area contributed by atoms with Crippen molar-refractivity contribution in [1.29, 1.82) is 0 Å². The fourth-order valence-electron chi connectivity index (χ4n) is 4.72. The molecule has 0 bridgehead atoms. The lowest BCUT2D eigenvalue weighted by Crippen LogP contribution is -2.40. The van der Waals surface area contributed by atoms with Crippen LogP contribution in [0.25, 0.3) is 11.8 Å². The Morgan fingerprint density at radius 3 is 2.48 bits per heavy atom. The molecule has 0 radical (unpaired) electrons. The summed E-state index contributed by atoms with van der Waals surface area (Å²) in [6.07, 6.45) is 1.82. The van der Waals surface area contributed by atoms with E-state index in [4.69, 9.17) is 14.5 Å². The standard InChI is InChI=1S/C32H29BrN2O4S/c1-5-39-31(37)27-28(21-9-7-6-8-10-21)34-32-35(29(27)22-13-11-20(12-14-22)19(2)3)30(36)26(40-32)18-23-17-24(38-4)15-16-25(23)33/h6-19,29H,5H2,1-4H3/b26-18-/t29-/m1/s1. The van der Waals surface area contributed by atoms with E-state index in [1.165, 1.54) is 16.9 Å². The summed E-state index contributed by atoms with van der Waals surface area (Å²) in [6.45, 7) is 6.24. The van der Waals surface area contributed by atoms with Gasteiger partial charge in [0.15, 0.2) is 4.80 Å². The van der Waals surface area contributed by atoms with Crippen molar-refractivity contribution in [3.05, 3.63) is 125 Å². The zero-order chi connectivity index (χ0) is 28.4. The lowest BCUT2D eigenvalue weighted by Gasteiger charge is -2.26. The first-order valence-electron chi connectivity index (χ1n) is 13.0. The van der Waals surface area contributed by atoms with Crippen molar-refractivity contribution >= 4 is 45.0 Å². The van der Waals surface area contributed by atoms with Crippen molar-refractivity contribution < 1.29 is 14.3 Å². The van der Waals surface area contributed by atoms with E-state index in [0.717, 1.165) is 21.2 Å². The van der Waals surface area contributed by atoms with Crippen LogP contribution in [0, 0.1) is 0 Å². The predicted octanol–water partition coefficient (Wildman–Crippen LogP) is 5.83. The molecule has 0 aliphatic carbocycles. The Labute approximate surface area is 245 Å². The first kappa shape index (κ1) is 27.8. The molecule has 3 aromatic carbocycles. The summed E-state index contributed by atoms with van der Waals surface area (Å²) in [6, 6.07) is 22.5. The first-order valence-corrected chi connectivity index (χ1v) is 14.6. The molecular weight excluding hydrogens is 588 g/mol. The zero-order valence-corrected chi connectivity index (χ0v) is 25.1. The molecule has 0 unspecified atom stereocenters. The number of methoxy groups -OCH3 is 1. The third-order valence-electron chi connectivity index (χ3n) is 6.78. The quantitative estimate of drug-likeness (QED) is 0.245. The third-order valence-corrected chi connectivity index (χ3v) is 8.49. The molecule has 204 valence electrons. The first-order chi connectivity index (χ1) is 19.3. The predicted molar refractivity (Wildman–Crippen MR) is 162 cm³/mol. The Morgan fingerprint density at radius 1 is 1.10 bits per heavy atom. The van der Waals surface area contributed by atoms with E-state index in [-0.39, 0.29) is 12.2 Å². The molecule has 1 atom stereocenters. The molecule has 0 saturated carbocycles. The Hall–Kier alpha value is -3.75. The molecule has 1 aliphatic rings. The summed E-state index contributed by atoms with van der Waals surface area (Å²) in [7, 11) is 1.60. The number of ether oxygens (including phenoxy) is 2. The summed E-state index contributed by atoms with van der Waals surface area (Å²) in [5, 5.41) is 0. The topological polar surface area (TPSA) is 69.9 Å². The Balaban J connectivity index is 1.82. The maximum Gasteiger partial charge on any atom is 0.338 e. The monoisotopic (exact) mass is 616 g/mol.